The van der Waals surface area contributed by atoms with E-state index in [-0.39, 0.29) is 17.9 Å². The van der Waals surface area contributed by atoms with E-state index in [1.54, 1.807) is 13.0 Å². The SMILES string of the molecule is Cc1cc(F)cc(NC(=O)NC2CCCC2)c1. The summed E-state index contributed by atoms with van der Waals surface area (Å²) in [6.45, 7) is 1.79. The van der Waals surface area contributed by atoms with Gasteiger partial charge in [0.2, 0.25) is 0 Å². The molecule has 3 nitrogen and oxygen atoms in total. The van der Waals surface area contributed by atoms with Crippen molar-refractivity contribution in [1.82, 2.24) is 5.32 Å². The van der Waals surface area contributed by atoms with E-state index < -0.39 is 0 Å². The quantitative estimate of drug-likeness (QED) is 0.813. The molecule has 0 atom stereocenters. The standard InChI is InChI=1S/C13H17FN2O/c1-9-6-10(14)8-12(7-9)16-13(17)15-11-4-2-3-5-11/h6-8,11H,2-5H2,1H3,(H2,15,16,17). The maximum atomic E-state index is 13.1. The highest BCUT2D eigenvalue weighted by atomic mass is 19.1. The second-order valence-electron chi connectivity index (χ2n) is 4.60. The average Bonchev–Trinajstić information content (AvgIpc) is 2.67. The number of rotatable bonds is 2. The van der Waals surface area contributed by atoms with Gasteiger partial charge in [0.15, 0.2) is 0 Å². The van der Waals surface area contributed by atoms with Crippen molar-refractivity contribution in [2.24, 2.45) is 0 Å². The summed E-state index contributed by atoms with van der Waals surface area (Å²) in [5.41, 5.74) is 1.29. The zero-order chi connectivity index (χ0) is 12.3. The molecule has 0 unspecified atom stereocenters. The minimum Gasteiger partial charge on any atom is -0.335 e. The van der Waals surface area contributed by atoms with Crippen molar-refractivity contribution in [2.45, 2.75) is 38.6 Å². The third-order valence-corrected chi connectivity index (χ3v) is 2.99. The van der Waals surface area contributed by atoms with Gasteiger partial charge in [-0.15, -0.1) is 0 Å². The van der Waals surface area contributed by atoms with Crippen molar-refractivity contribution in [3.05, 3.63) is 29.6 Å². The third-order valence-electron chi connectivity index (χ3n) is 2.99. The Morgan fingerprint density at radius 1 is 1.29 bits per heavy atom. The summed E-state index contributed by atoms with van der Waals surface area (Å²) in [5, 5.41) is 5.55. The lowest BCUT2D eigenvalue weighted by atomic mass is 10.2. The topological polar surface area (TPSA) is 41.1 Å². The zero-order valence-electron chi connectivity index (χ0n) is 9.92. The summed E-state index contributed by atoms with van der Waals surface area (Å²) in [7, 11) is 0. The van der Waals surface area contributed by atoms with Crippen LogP contribution in [0.5, 0.6) is 0 Å². The van der Waals surface area contributed by atoms with E-state index in [9.17, 15) is 9.18 Å². The Balaban J connectivity index is 1.92. The first-order valence-corrected chi connectivity index (χ1v) is 5.98. The van der Waals surface area contributed by atoms with Crippen LogP contribution in [-0.4, -0.2) is 12.1 Å². The molecule has 4 heteroatoms. The summed E-state index contributed by atoms with van der Waals surface area (Å²) in [6, 6.07) is 4.52. The molecule has 1 aliphatic rings. The molecule has 2 rings (SSSR count). The van der Waals surface area contributed by atoms with Gasteiger partial charge < -0.3 is 10.6 Å². The van der Waals surface area contributed by atoms with Crippen molar-refractivity contribution in [1.29, 1.82) is 0 Å². The van der Waals surface area contributed by atoms with Gasteiger partial charge in [0.25, 0.3) is 0 Å². The number of hydrogen-bond donors (Lipinski definition) is 2. The van der Waals surface area contributed by atoms with Crippen LogP contribution in [0.15, 0.2) is 18.2 Å². The Kier molecular flexibility index (Phi) is 3.61. The second kappa shape index (κ2) is 5.17. The van der Waals surface area contributed by atoms with Gasteiger partial charge in [-0.1, -0.05) is 12.8 Å². The number of nitrogens with one attached hydrogen (secondary N) is 2. The molecule has 0 spiro atoms. The highest BCUT2D eigenvalue weighted by molar-refractivity contribution is 5.89. The van der Waals surface area contributed by atoms with E-state index in [0.717, 1.165) is 18.4 Å². The zero-order valence-corrected chi connectivity index (χ0v) is 9.92. The molecule has 2 N–H and O–H groups in total. The highest BCUT2D eigenvalue weighted by Gasteiger charge is 2.16. The molecule has 0 aromatic heterocycles. The summed E-state index contributed by atoms with van der Waals surface area (Å²) in [6.07, 6.45) is 4.42. The molecule has 2 amide bonds. The number of aryl methyl sites for hydroxylation is 1. The van der Waals surface area contributed by atoms with E-state index >= 15 is 0 Å². The number of halogens is 1. The first-order chi connectivity index (χ1) is 8.13. The van der Waals surface area contributed by atoms with E-state index in [0.29, 0.717) is 5.69 Å². The van der Waals surface area contributed by atoms with E-state index in [4.69, 9.17) is 0 Å². The maximum Gasteiger partial charge on any atom is 0.319 e. The third kappa shape index (κ3) is 3.44. The van der Waals surface area contributed by atoms with Crippen LogP contribution in [0.1, 0.15) is 31.2 Å². The van der Waals surface area contributed by atoms with Gasteiger partial charge in [-0.25, -0.2) is 9.18 Å². The van der Waals surface area contributed by atoms with Crippen LogP contribution in [-0.2, 0) is 0 Å². The first kappa shape index (κ1) is 11.9. The Hall–Kier alpha value is -1.58. The number of hydrogen-bond acceptors (Lipinski definition) is 1. The lowest BCUT2D eigenvalue weighted by molar-refractivity contribution is 0.248. The normalized spacial score (nSPS) is 15.9. The van der Waals surface area contributed by atoms with Crippen molar-refractivity contribution in [3.63, 3.8) is 0 Å². The predicted octanol–water partition coefficient (Wildman–Crippen LogP) is 3.20. The number of benzene rings is 1. The number of amides is 2. The fraction of sp³-hybridized carbons (Fsp3) is 0.462. The number of urea groups is 1. The van der Waals surface area contributed by atoms with Crippen LogP contribution in [0.2, 0.25) is 0 Å². The van der Waals surface area contributed by atoms with Gasteiger partial charge in [-0.05, 0) is 43.5 Å². The van der Waals surface area contributed by atoms with Crippen LogP contribution in [0.4, 0.5) is 14.9 Å². The lowest BCUT2D eigenvalue weighted by Crippen LogP contribution is -2.36. The van der Waals surface area contributed by atoms with Gasteiger partial charge in [0.05, 0.1) is 0 Å². The van der Waals surface area contributed by atoms with Crippen LogP contribution < -0.4 is 10.6 Å². The second-order valence-corrected chi connectivity index (χ2v) is 4.60. The molecule has 0 heterocycles. The van der Waals surface area contributed by atoms with E-state index in [1.165, 1.54) is 25.0 Å². The number of anilines is 1. The monoisotopic (exact) mass is 236 g/mol. The maximum absolute atomic E-state index is 13.1. The first-order valence-electron chi connectivity index (χ1n) is 5.98. The molecule has 0 aliphatic heterocycles. The summed E-state index contributed by atoms with van der Waals surface area (Å²) >= 11 is 0. The largest absolute Gasteiger partial charge is 0.335 e. The molecule has 0 bridgehead atoms. The fourth-order valence-corrected chi connectivity index (χ4v) is 2.23. The van der Waals surface area contributed by atoms with Gasteiger partial charge >= 0.3 is 6.03 Å². The number of carbonyl (C=O) groups excluding carboxylic acids is 1. The van der Waals surface area contributed by atoms with Crippen molar-refractivity contribution >= 4 is 11.7 Å². The molecule has 1 aromatic carbocycles. The van der Waals surface area contributed by atoms with Gasteiger partial charge in [0, 0.05) is 11.7 Å². The van der Waals surface area contributed by atoms with Crippen molar-refractivity contribution in [3.8, 4) is 0 Å². The van der Waals surface area contributed by atoms with Gasteiger partial charge in [0.1, 0.15) is 5.82 Å². The van der Waals surface area contributed by atoms with Gasteiger partial charge in [-0.2, -0.15) is 0 Å². The molecule has 92 valence electrons. The predicted molar refractivity (Wildman–Crippen MR) is 65.5 cm³/mol. The molecule has 0 radical (unpaired) electrons. The molecule has 1 aromatic rings. The Bertz CT molecular complexity index is 394. The molecular weight excluding hydrogens is 219 g/mol. The van der Waals surface area contributed by atoms with E-state index in [2.05, 4.69) is 10.6 Å². The summed E-state index contributed by atoms with van der Waals surface area (Å²) < 4.78 is 13.1. The minimum atomic E-state index is -0.332. The Labute approximate surface area is 100 Å². The summed E-state index contributed by atoms with van der Waals surface area (Å²) in [5.74, 6) is -0.332. The Morgan fingerprint density at radius 2 is 2.00 bits per heavy atom. The molecule has 0 saturated heterocycles. The summed E-state index contributed by atoms with van der Waals surface area (Å²) in [4.78, 5) is 11.6. The molecule has 1 aliphatic carbocycles. The molecule has 1 saturated carbocycles. The number of carbonyl (C=O) groups is 1. The lowest BCUT2D eigenvalue weighted by Gasteiger charge is -2.13. The minimum absolute atomic E-state index is 0.248. The van der Waals surface area contributed by atoms with Gasteiger partial charge in [-0.3, -0.25) is 0 Å². The van der Waals surface area contributed by atoms with Crippen LogP contribution in [0, 0.1) is 12.7 Å². The Morgan fingerprint density at radius 3 is 2.65 bits per heavy atom. The molecular formula is C13H17FN2O. The van der Waals surface area contributed by atoms with Crippen LogP contribution >= 0.6 is 0 Å². The van der Waals surface area contributed by atoms with Crippen LogP contribution in [0.3, 0.4) is 0 Å². The smallest absolute Gasteiger partial charge is 0.319 e. The van der Waals surface area contributed by atoms with Crippen LogP contribution in [0.25, 0.3) is 0 Å². The molecule has 1 fully saturated rings. The van der Waals surface area contributed by atoms with E-state index in [1.807, 2.05) is 0 Å². The van der Waals surface area contributed by atoms with Crippen molar-refractivity contribution in [2.75, 3.05) is 5.32 Å². The average molecular weight is 236 g/mol. The van der Waals surface area contributed by atoms with Crippen molar-refractivity contribution < 1.29 is 9.18 Å². The fourth-order valence-electron chi connectivity index (χ4n) is 2.23. The highest BCUT2D eigenvalue weighted by Crippen LogP contribution is 2.18. The molecule has 17 heavy (non-hydrogen) atoms.